The molecule has 10 heteroatoms. The number of benzene rings is 1. The highest BCUT2D eigenvalue weighted by Gasteiger charge is 2.14. The third kappa shape index (κ3) is 3.75. The number of anilines is 2. The zero-order valence-corrected chi connectivity index (χ0v) is 14.5. The molecule has 27 heavy (non-hydrogen) atoms. The number of H-pyrrole nitrogens is 1. The SMILES string of the molecule is O=C(Nc1ccc(C(=O)Nc2ccc(-c3nn[nH]n3)cc2)s1)c1ccco1. The average Bonchev–Trinajstić information content (AvgIpc) is 3.44. The molecule has 0 fully saturated rings. The van der Waals surface area contributed by atoms with Crippen LogP contribution >= 0.6 is 11.3 Å². The van der Waals surface area contributed by atoms with Crippen LogP contribution in [0.4, 0.5) is 10.7 Å². The Morgan fingerprint density at radius 3 is 2.56 bits per heavy atom. The van der Waals surface area contributed by atoms with Crippen molar-refractivity contribution < 1.29 is 14.0 Å². The third-order valence-corrected chi connectivity index (χ3v) is 4.56. The van der Waals surface area contributed by atoms with E-state index in [0.29, 0.717) is 21.4 Å². The van der Waals surface area contributed by atoms with Crippen LogP contribution < -0.4 is 10.6 Å². The maximum atomic E-state index is 12.4. The number of thiophene rings is 1. The lowest BCUT2D eigenvalue weighted by Crippen LogP contribution is -2.10. The first kappa shape index (κ1) is 16.7. The Morgan fingerprint density at radius 2 is 1.85 bits per heavy atom. The normalized spacial score (nSPS) is 10.5. The van der Waals surface area contributed by atoms with Gasteiger partial charge < -0.3 is 15.1 Å². The van der Waals surface area contributed by atoms with Crippen molar-refractivity contribution in [2.45, 2.75) is 0 Å². The number of hydrogen-bond donors (Lipinski definition) is 3. The van der Waals surface area contributed by atoms with Crippen LogP contribution in [0.15, 0.2) is 59.2 Å². The van der Waals surface area contributed by atoms with E-state index in [0.717, 1.165) is 5.56 Å². The average molecular weight is 380 g/mol. The number of amides is 2. The van der Waals surface area contributed by atoms with Crippen LogP contribution in [0, 0.1) is 0 Å². The number of carbonyl (C=O) groups excluding carboxylic acids is 2. The molecular weight excluding hydrogens is 368 g/mol. The van der Waals surface area contributed by atoms with Gasteiger partial charge in [-0.1, -0.05) is 0 Å². The highest BCUT2D eigenvalue weighted by molar-refractivity contribution is 7.18. The standard InChI is InChI=1S/C17H12N6O3S/c24-16(12-2-1-9-26-12)19-14-8-7-13(27-14)17(25)18-11-5-3-10(4-6-11)15-20-22-23-21-15/h1-9H,(H,18,25)(H,19,24)(H,20,21,22,23). The number of hydrogen-bond acceptors (Lipinski definition) is 7. The minimum absolute atomic E-state index is 0.205. The molecule has 0 aliphatic carbocycles. The quantitative estimate of drug-likeness (QED) is 0.489. The number of carbonyl (C=O) groups is 2. The second-order valence-electron chi connectivity index (χ2n) is 5.36. The number of aromatic amines is 1. The first-order chi connectivity index (χ1) is 13.2. The third-order valence-electron chi connectivity index (χ3n) is 3.56. The summed E-state index contributed by atoms with van der Waals surface area (Å²) in [4.78, 5) is 24.8. The summed E-state index contributed by atoms with van der Waals surface area (Å²) in [5, 5.41) is 19.7. The summed E-state index contributed by atoms with van der Waals surface area (Å²) in [5.41, 5.74) is 1.41. The van der Waals surface area contributed by atoms with E-state index < -0.39 is 0 Å². The Labute approximate surface area is 156 Å². The highest BCUT2D eigenvalue weighted by atomic mass is 32.1. The lowest BCUT2D eigenvalue weighted by Gasteiger charge is -2.04. The molecule has 3 heterocycles. The van der Waals surface area contributed by atoms with E-state index in [4.69, 9.17) is 4.42 Å². The van der Waals surface area contributed by atoms with E-state index in [-0.39, 0.29) is 17.6 Å². The number of nitrogens with one attached hydrogen (secondary N) is 3. The van der Waals surface area contributed by atoms with E-state index in [1.54, 1.807) is 48.5 Å². The van der Waals surface area contributed by atoms with Gasteiger partial charge in [-0.25, -0.2) is 0 Å². The van der Waals surface area contributed by atoms with Gasteiger partial charge in [-0.3, -0.25) is 9.59 Å². The van der Waals surface area contributed by atoms with Gasteiger partial charge in [0.15, 0.2) is 5.76 Å². The van der Waals surface area contributed by atoms with E-state index >= 15 is 0 Å². The number of tetrazole rings is 1. The Morgan fingerprint density at radius 1 is 1.00 bits per heavy atom. The van der Waals surface area contributed by atoms with Gasteiger partial charge >= 0.3 is 0 Å². The van der Waals surface area contributed by atoms with Gasteiger partial charge in [0, 0.05) is 11.3 Å². The summed E-state index contributed by atoms with van der Waals surface area (Å²) in [6, 6.07) is 13.6. The Bertz CT molecular complexity index is 1050. The van der Waals surface area contributed by atoms with E-state index in [1.165, 1.54) is 17.6 Å². The summed E-state index contributed by atoms with van der Waals surface area (Å²) in [5.74, 6) is 0.0378. The van der Waals surface area contributed by atoms with Crippen LogP contribution in [0.5, 0.6) is 0 Å². The molecule has 0 atom stereocenters. The summed E-state index contributed by atoms with van der Waals surface area (Å²) >= 11 is 1.17. The van der Waals surface area contributed by atoms with Crippen LogP contribution in [-0.4, -0.2) is 32.4 Å². The van der Waals surface area contributed by atoms with Crippen molar-refractivity contribution in [2.24, 2.45) is 0 Å². The van der Waals surface area contributed by atoms with Gasteiger partial charge in [0.05, 0.1) is 16.1 Å². The molecule has 134 valence electrons. The van der Waals surface area contributed by atoms with Crippen molar-refractivity contribution in [1.29, 1.82) is 0 Å². The maximum absolute atomic E-state index is 12.4. The summed E-state index contributed by atoms with van der Waals surface area (Å²) in [6.45, 7) is 0. The molecule has 3 aromatic heterocycles. The minimum Gasteiger partial charge on any atom is -0.459 e. The lowest BCUT2D eigenvalue weighted by molar-refractivity contribution is 0.0995. The van der Waals surface area contributed by atoms with Crippen molar-refractivity contribution >= 4 is 33.8 Å². The largest absolute Gasteiger partial charge is 0.459 e. The van der Waals surface area contributed by atoms with E-state index in [1.807, 2.05) is 0 Å². The topological polar surface area (TPSA) is 126 Å². The molecular formula is C17H12N6O3S. The molecule has 0 radical (unpaired) electrons. The first-order valence-electron chi connectivity index (χ1n) is 7.79. The van der Waals surface area contributed by atoms with Crippen molar-refractivity contribution in [3.05, 3.63) is 65.4 Å². The molecule has 0 bridgehead atoms. The summed E-state index contributed by atoms with van der Waals surface area (Å²) in [7, 11) is 0. The molecule has 1 aromatic carbocycles. The molecule has 0 saturated heterocycles. The molecule has 9 nitrogen and oxygen atoms in total. The van der Waals surface area contributed by atoms with Crippen molar-refractivity contribution in [3.63, 3.8) is 0 Å². The fourth-order valence-corrected chi connectivity index (χ4v) is 3.08. The Hall–Kier alpha value is -3.79. The first-order valence-corrected chi connectivity index (χ1v) is 8.60. The molecule has 4 rings (SSSR count). The molecule has 4 aromatic rings. The van der Waals surface area contributed by atoms with Crippen LogP contribution in [0.25, 0.3) is 11.4 Å². The predicted molar refractivity (Wildman–Crippen MR) is 98.5 cm³/mol. The van der Waals surface area contributed by atoms with Crippen LogP contribution in [0.3, 0.4) is 0 Å². The van der Waals surface area contributed by atoms with Crippen molar-refractivity contribution in [2.75, 3.05) is 10.6 Å². The summed E-state index contributed by atoms with van der Waals surface area (Å²) in [6.07, 6.45) is 1.42. The molecule has 0 unspecified atom stereocenters. The zero-order chi connectivity index (χ0) is 18.6. The van der Waals surface area contributed by atoms with Gasteiger partial charge in [-0.15, -0.1) is 21.5 Å². The second-order valence-corrected chi connectivity index (χ2v) is 6.45. The zero-order valence-electron chi connectivity index (χ0n) is 13.7. The lowest BCUT2D eigenvalue weighted by atomic mass is 10.2. The molecule has 0 aliphatic heterocycles. The maximum Gasteiger partial charge on any atom is 0.291 e. The van der Waals surface area contributed by atoms with Crippen LogP contribution in [0.2, 0.25) is 0 Å². The number of furan rings is 1. The Kier molecular flexibility index (Phi) is 4.45. The monoisotopic (exact) mass is 380 g/mol. The Balaban J connectivity index is 1.40. The smallest absolute Gasteiger partial charge is 0.291 e. The molecule has 2 amide bonds. The number of aromatic nitrogens is 4. The van der Waals surface area contributed by atoms with Gasteiger partial charge in [-0.2, -0.15) is 5.21 Å². The molecule has 0 spiro atoms. The van der Waals surface area contributed by atoms with Crippen molar-refractivity contribution in [3.8, 4) is 11.4 Å². The molecule has 0 saturated carbocycles. The predicted octanol–water partition coefficient (Wildman–Crippen LogP) is 3.03. The van der Waals surface area contributed by atoms with Crippen molar-refractivity contribution in [1.82, 2.24) is 20.6 Å². The van der Waals surface area contributed by atoms with E-state index in [2.05, 4.69) is 31.3 Å². The fraction of sp³-hybridized carbons (Fsp3) is 0. The molecule has 0 aliphatic rings. The van der Waals surface area contributed by atoms with Gasteiger partial charge in [0.25, 0.3) is 11.8 Å². The van der Waals surface area contributed by atoms with Gasteiger partial charge in [0.2, 0.25) is 5.82 Å². The minimum atomic E-state index is -0.370. The summed E-state index contributed by atoms with van der Waals surface area (Å²) < 4.78 is 5.04. The molecule has 3 N–H and O–H groups in total. The van der Waals surface area contributed by atoms with Crippen LogP contribution in [0.1, 0.15) is 20.2 Å². The number of nitrogens with zero attached hydrogens (tertiary/aromatic N) is 3. The highest BCUT2D eigenvalue weighted by Crippen LogP contribution is 2.24. The van der Waals surface area contributed by atoms with Crippen LogP contribution in [-0.2, 0) is 0 Å². The van der Waals surface area contributed by atoms with Gasteiger partial charge in [-0.05, 0) is 53.7 Å². The van der Waals surface area contributed by atoms with Gasteiger partial charge in [0.1, 0.15) is 0 Å². The van der Waals surface area contributed by atoms with E-state index in [9.17, 15) is 9.59 Å². The second kappa shape index (κ2) is 7.22. The fourth-order valence-electron chi connectivity index (χ4n) is 2.29. The number of rotatable bonds is 5.